The number of hydrogen-bond donors (Lipinski definition) is 2. The average molecular weight is 230 g/mol. The summed E-state index contributed by atoms with van der Waals surface area (Å²) in [5.41, 5.74) is -0.455. The number of carbonyl (C=O) groups is 1. The van der Waals surface area contributed by atoms with E-state index in [0.717, 1.165) is 13.1 Å². The Morgan fingerprint density at radius 2 is 2.19 bits per heavy atom. The van der Waals surface area contributed by atoms with Crippen molar-refractivity contribution in [3.05, 3.63) is 0 Å². The summed E-state index contributed by atoms with van der Waals surface area (Å²) in [6.45, 7) is 9.63. The number of carbonyl (C=O) groups excluding carboxylic acids is 1. The fourth-order valence-electron chi connectivity index (χ4n) is 1.50. The average Bonchev–Trinajstić information content (AvgIpc) is 2.12. The van der Waals surface area contributed by atoms with Gasteiger partial charge in [0.15, 0.2) is 0 Å². The Morgan fingerprint density at radius 1 is 1.50 bits per heavy atom. The molecule has 2 N–H and O–H groups in total. The second kappa shape index (κ2) is 5.50. The maximum Gasteiger partial charge on any atom is 0.407 e. The summed E-state index contributed by atoms with van der Waals surface area (Å²) in [5, 5.41) is 5.94. The van der Waals surface area contributed by atoms with Crippen LogP contribution in [0.2, 0.25) is 0 Å². The smallest absolute Gasteiger partial charge is 0.407 e. The van der Waals surface area contributed by atoms with E-state index >= 15 is 0 Å². The van der Waals surface area contributed by atoms with Gasteiger partial charge in [-0.3, -0.25) is 0 Å². The molecule has 1 fully saturated rings. The summed E-state index contributed by atoms with van der Waals surface area (Å²) in [6.07, 6.45) is -0.176. The first-order valence-corrected chi connectivity index (χ1v) is 5.70. The second-order valence-corrected chi connectivity index (χ2v) is 5.11. The summed E-state index contributed by atoms with van der Waals surface area (Å²) in [5.74, 6) is 0. The zero-order valence-electron chi connectivity index (χ0n) is 10.5. The van der Waals surface area contributed by atoms with E-state index < -0.39 is 11.7 Å². The number of nitrogens with one attached hydrogen (secondary N) is 2. The van der Waals surface area contributed by atoms with Gasteiger partial charge >= 0.3 is 6.09 Å². The molecule has 1 unspecified atom stereocenters. The molecule has 16 heavy (non-hydrogen) atoms. The molecule has 0 bridgehead atoms. The van der Waals surface area contributed by atoms with Crippen molar-refractivity contribution in [1.29, 1.82) is 0 Å². The molecule has 94 valence electrons. The van der Waals surface area contributed by atoms with Crippen LogP contribution in [0.15, 0.2) is 0 Å². The van der Waals surface area contributed by atoms with Crippen LogP contribution in [0.5, 0.6) is 0 Å². The molecular formula is C11H22N2O3. The molecule has 1 amide bonds. The third-order valence-electron chi connectivity index (χ3n) is 2.10. The lowest BCUT2D eigenvalue weighted by atomic mass is 10.2. The molecule has 5 heteroatoms. The van der Waals surface area contributed by atoms with Crippen molar-refractivity contribution in [2.75, 3.05) is 19.6 Å². The molecule has 1 rings (SSSR count). The molecule has 0 aromatic rings. The maximum absolute atomic E-state index is 11.4. The van der Waals surface area contributed by atoms with Crippen molar-refractivity contribution in [3.8, 4) is 0 Å². The normalized spacial score (nSPS) is 26.2. The second-order valence-electron chi connectivity index (χ2n) is 5.11. The van der Waals surface area contributed by atoms with E-state index in [0.29, 0.717) is 6.54 Å². The lowest BCUT2D eigenvalue weighted by molar-refractivity contribution is -0.0273. The van der Waals surface area contributed by atoms with Gasteiger partial charge in [-0.05, 0) is 27.7 Å². The van der Waals surface area contributed by atoms with E-state index in [2.05, 4.69) is 10.6 Å². The number of morpholine rings is 1. The minimum Gasteiger partial charge on any atom is -0.444 e. The minimum atomic E-state index is -0.455. The summed E-state index contributed by atoms with van der Waals surface area (Å²) >= 11 is 0. The molecule has 0 aliphatic carbocycles. The molecule has 1 saturated heterocycles. The van der Waals surface area contributed by atoms with Crippen molar-refractivity contribution in [3.63, 3.8) is 0 Å². The number of alkyl carbamates (subject to hydrolysis) is 1. The Balaban J connectivity index is 2.21. The van der Waals surface area contributed by atoms with Crippen LogP contribution in [-0.4, -0.2) is 43.5 Å². The number of amides is 1. The van der Waals surface area contributed by atoms with Crippen molar-refractivity contribution in [2.24, 2.45) is 0 Å². The summed E-state index contributed by atoms with van der Waals surface area (Å²) < 4.78 is 10.8. The van der Waals surface area contributed by atoms with Gasteiger partial charge in [-0.1, -0.05) is 0 Å². The van der Waals surface area contributed by atoms with E-state index in [9.17, 15) is 4.79 Å². The van der Waals surface area contributed by atoms with Gasteiger partial charge in [-0.15, -0.1) is 0 Å². The molecule has 2 atom stereocenters. The van der Waals surface area contributed by atoms with Crippen molar-refractivity contribution in [1.82, 2.24) is 10.6 Å². The Bertz CT molecular complexity index is 238. The van der Waals surface area contributed by atoms with Gasteiger partial charge < -0.3 is 20.1 Å². The largest absolute Gasteiger partial charge is 0.444 e. The summed E-state index contributed by atoms with van der Waals surface area (Å²) in [4.78, 5) is 11.4. The lowest BCUT2D eigenvalue weighted by Crippen LogP contribution is -2.49. The highest BCUT2D eigenvalue weighted by molar-refractivity contribution is 5.67. The minimum absolute atomic E-state index is 0.0243. The van der Waals surface area contributed by atoms with Crippen molar-refractivity contribution < 1.29 is 14.3 Å². The molecule has 0 radical (unpaired) electrons. The Kier molecular flexibility index (Phi) is 4.56. The monoisotopic (exact) mass is 230 g/mol. The topological polar surface area (TPSA) is 59.6 Å². The first-order chi connectivity index (χ1) is 7.37. The van der Waals surface area contributed by atoms with Gasteiger partial charge in [0, 0.05) is 19.6 Å². The van der Waals surface area contributed by atoms with Crippen LogP contribution in [0.4, 0.5) is 4.79 Å². The highest BCUT2D eigenvalue weighted by atomic mass is 16.6. The summed E-state index contributed by atoms with van der Waals surface area (Å²) in [7, 11) is 0. The number of hydrogen-bond acceptors (Lipinski definition) is 4. The Morgan fingerprint density at radius 3 is 2.75 bits per heavy atom. The van der Waals surface area contributed by atoms with E-state index in [1.165, 1.54) is 0 Å². The zero-order valence-corrected chi connectivity index (χ0v) is 10.5. The molecule has 1 aliphatic rings. The third kappa shape index (κ3) is 5.32. The SMILES string of the molecule is C[C@H]1CNCC(CNC(=O)OC(C)(C)C)O1. The lowest BCUT2D eigenvalue weighted by Gasteiger charge is -2.29. The summed E-state index contributed by atoms with van der Waals surface area (Å²) in [6, 6.07) is 0. The predicted molar refractivity (Wildman–Crippen MR) is 61.4 cm³/mol. The fraction of sp³-hybridized carbons (Fsp3) is 0.909. The zero-order chi connectivity index (χ0) is 12.2. The number of rotatable bonds is 2. The molecule has 0 saturated carbocycles. The maximum atomic E-state index is 11.4. The molecule has 5 nitrogen and oxygen atoms in total. The van der Waals surface area contributed by atoms with Gasteiger partial charge in [-0.25, -0.2) is 4.79 Å². The van der Waals surface area contributed by atoms with E-state index in [-0.39, 0.29) is 12.2 Å². The highest BCUT2D eigenvalue weighted by Crippen LogP contribution is 2.07. The van der Waals surface area contributed by atoms with Gasteiger partial charge in [0.2, 0.25) is 0 Å². The first-order valence-electron chi connectivity index (χ1n) is 5.70. The van der Waals surface area contributed by atoms with Gasteiger partial charge in [0.05, 0.1) is 12.2 Å². The van der Waals surface area contributed by atoms with Crippen LogP contribution in [0.3, 0.4) is 0 Å². The van der Waals surface area contributed by atoms with Crippen LogP contribution in [0.1, 0.15) is 27.7 Å². The fourth-order valence-corrected chi connectivity index (χ4v) is 1.50. The molecule has 0 spiro atoms. The molecule has 1 heterocycles. The van der Waals surface area contributed by atoms with Gasteiger partial charge in [0.1, 0.15) is 5.60 Å². The standard InChI is InChI=1S/C11H22N2O3/c1-8-5-12-6-9(15-8)7-13-10(14)16-11(2,3)4/h8-9,12H,5-7H2,1-4H3,(H,13,14)/t8-,9?/m0/s1. The van der Waals surface area contributed by atoms with Crippen LogP contribution in [-0.2, 0) is 9.47 Å². The quantitative estimate of drug-likeness (QED) is 0.739. The molecular weight excluding hydrogens is 208 g/mol. The Labute approximate surface area is 96.9 Å². The van der Waals surface area contributed by atoms with E-state index in [4.69, 9.17) is 9.47 Å². The molecule has 1 aliphatic heterocycles. The highest BCUT2D eigenvalue weighted by Gasteiger charge is 2.21. The van der Waals surface area contributed by atoms with E-state index in [1.807, 2.05) is 27.7 Å². The van der Waals surface area contributed by atoms with Crippen LogP contribution >= 0.6 is 0 Å². The molecule has 0 aromatic carbocycles. The van der Waals surface area contributed by atoms with Crippen molar-refractivity contribution >= 4 is 6.09 Å². The Hall–Kier alpha value is -0.810. The predicted octanol–water partition coefficient (Wildman–Crippen LogP) is 0.888. The number of ether oxygens (including phenoxy) is 2. The first kappa shape index (κ1) is 13.3. The third-order valence-corrected chi connectivity index (χ3v) is 2.10. The van der Waals surface area contributed by atoms with Gasteiger partial charge in [-0.2, -0.15) is 0 Å². The van der Waals surface area contributed by atoms with Crippen LogP contribution < -0.4 is 10.6 Å². The molecule has 0 aromatic heterocycles. The van der Waals surface area contributed by atoms with Crippen LogP contribution in [0.25, 0.3) is 0 Å². The van der Waals surface area contributed by atoms with Crippen molar-refractivity contribution in [2.45, 2.75) is 45.5 Å². The van der Waals surface area contributed by atoms with E-state index in [1.54, 1.807) is 0 Å². The van der Waals surface area contributed by atoms with Gasteiger partial charge in [0.25, 0.3) is 0 Å². The van der Waals surface area contributed by atoms with Crippen LogP contribution in [0, 0.1) is 0 Å².